The third-order valence-electron chi connectivity index (χ3n) is 5.21. The first-order chi connectivity index (χ1) is 17.4. The molecule has 39 heavy (non-hydrogen) atoms. The zero-order valence-corrected chi connectivity index (χ0v) is 30.0. The van der Waals surface area contributed by atoms with Gasteiger partial charge < -0.3 is 9.81 Å². The van der Waals surface area contributed by atoms with Crippen LogP contribution in [0, 0.1) is 20.4 Å². The summed E-state index contributed by atoms with van der Waals surface area (Å²) in [4.78, 5) is 3.07. The van der Waals surface area contributed by atoms with Crippen molar-refractivity contribution in [3.63, 3.8) is 0 Å². The van der Waals surface area contributed by atoms with Gasteiger partial charge in [0, 0.05) is 5.41 Å². The van der Waals surface area contributed by atoms with Gasteiger partial charge in [-0.3, -0.25) is 10.1 Å². The summed E-state index contributed by atoms with van der Waals surface area (Å²) in [7, 11) is -4.85. The zero-order chi connectivity index (χ0) is 27.1. The van der Waals surface area contributed by atoms with Crippen LogP contribution < -0.4 is 108 Å². The third-order valence-corrected chi connectivity index (χ3v) is 6.69. The van der Waals surface area contributed by atoms with Crippen LogP contribution in [0.25, 0.3) is 16.2 Å². The Labute approximate surface area is 312 Å². The molecule has 4 rings (SSSR count). The number of nitrogens with zero attached hydrogens (tertiary/aromatic N) is 8. The van der Waals surface area contributed by atoms with Crippen molar-refractivity contribution in [1.29, 1.82) is 0 Å². The van der Waals surface area contributed by atoms with Crippen molar-refractivity contribution in [2.45, 2.75) is 49.8 Å². The van der Waals surface area contributed by atoms with Gasteiger partial charge in [0.25, 0.3) is 5.69 Å². The summed E-state index contributed by atoms with van der Waals surface area (Å²) in [6, 6.07) is 3.29. The summed E-state index contributed by atoms with van der Waals surface area (Å²) < 4.78 is 42.2. The fraction of sp³-hybridized carbons (Fsp3) is 0.300. The van der Waals surface area contributed by atoms with E-state index < -0.39 is 20.4 Å². The molecular formula is C20H19K2N9O6S2. The van der Waals surface area contributed by atoms with Crippen LogP contribution in [-0.4, -0.2) is 42.6 Å². The van der Waals surface area contributed by atoms with Gasteiger partial charge in [0.05, 0.1) is 45.5 Å². The van der Waals surface area contributed by atoms with Gasteiger partial charge in [0.2, 0.25) is 5.65 Å². The van der Waals surface area contributed by atoms with Crippen LogP contribution in [-0.2, 0) is 24.9 Å². The molecule has 0 bridgehead atoms. The number of fused-ring (bicyclic) bond motifs is 1. The number of rotatable bonds is 7. The Kier molecular flexibility index (Phi) is 12.3. The summed E-state index contributed by atoms with van der Waals surface area (Å²) in [6.45, 7) is 16.9. The van der Waals surface area contributed by atoms with E-state index >= 15 is 0 Å². The molecule has 0 amide bonds. The van der Waals surface area contributed by atoms with Gasteiger partial charge in [-0.05, 0) is 32.0 Å². The molecule has 0 atom stereocenters. The molecule has 0 unspecified atom stereocenters. The SMILES string of the molecule is [C-]#[N+]c1c(C)nn(-c2cc(S(=O)(=O)[O-])ccc2SOO[O-])c1N=Nc1c(C(C)(C)C)[nH]n2c(C)nnc12.[K+].[K+]. The molecule has 0 fully saturated rings. The molecule has 0 radical (unpaired) electrons. The van der Waals surface area contributed by atoms with E-state index in [9.17, 15) is 18.2 Å². The molecule has 0 aliphatic heterocycles. The molecular weight excluding hydrogens is 605 g/mol. The Morgan fingerprint density at radius 1 is 1.18 bits per heavy atom. The van der Waals surface area contributed by atoms with Crippen LogP contribution >= 0.6 is 12.0 Å². The monoisotopic (exact) mass is 623 g/mol. The number of aromatic nitrogens is 6. The second-order valence-corrected chi connectivity index (χ2v) is 10.9. The van der Waals surface area contributed by atoms with Crippen molar-refractivity contribution in [2.75, 3.05) is 0 Å². The van der Waals surface area contributed by atoms with Crippen molar-refractivity contribution >= 4 is 45.0 Å². The molecule has 1 aromatic carbocycles. The first-order valence-electron chi connectivity index (χ1n) is 10.4. The first kappa shape index (κ1) is 34.8. The van der Waals surface area contributed by atoms with Crippen molar-refractivity contribution in [3.05, 3.63) is 46.8 Å². The normalized spacial score (nSPS) is 11.9. The van der Waals surface area contributed by atoms with Gasteiger partial charge in [0.1, 0.15) is 15.9 Å². The van der Waals surface area contributed by atoms with Crippen molar-refractivity contribution < 1.29 is 130 Å². The van der Waals surface area contributed by atoms with E-state index in [1.54, 1.807) is 18.4 Å². The van der Waals surface area contributed by atoms with E-state index in [1.807, 2.05) is 20.8 Å². The summed E-state index contributed by atoms with van der Waals surface area (Å²) >= 11 is 0.450. The maximum atomic E-state index is 11.7. The Morgan fingerprint density at radius 2 is 1.87 bits per heavy atom. The number of aryl methyl sites for hydroxylation is 2. The van der Waals surface area contributed by atoms with Gasteiger partial charge in [-0.25, -0.2) is 22.5 Å². The van der Waals surface area contributed by atoms with Crippen LogP contribution in [0.5, 0.6) is 0 Å². The molecule has 19 heteroatoms. The average molecular weight is 624 g/mol. The van der Waals surface area contributed by atoms with E-state index in [0.29, 0.717) is 34.9 Å². The number of nitrogens with one attached hydrogen (secondary N) is 1. The maximum Gasteiger partial charge on any atom is 1.00 e. The van der Waals surface area contributed by atoms with Crippen molar-refractivity contribution in [1.82, 2.24) is 29.6 Å². The van der Waals surface area contributed by atoms with Crippen LogP contribution in [0.2, 0.25) is 0 Å². The number of aromatic amines is 1. The Hall–Kier alpha value is -0.387. The number of H-pyrrole nitrogens is 1. The minimum Gasteiger partial charge on any atom is -0.744 e. The summed E-state index contributed by atoms with van der Waals surface area (Å²) in [5.74, 6) is 0.538. The topological polar surface area (TPSA) is 192 Å². The van der Waals surface area contributed by atoms with Crippen LogP contribution in [0.3, 0.4) is 0 Å². The second kappa shape index (κ2) is 13.7. The summed E-state index contributed by atoms with van der Waals surface area (Å²) in [5.41, 5.74) is 1.37. The smallest absolute Gasteiger partial charge is 0.744 e. The largest absolute Gasteiger partial charge is 1.00 e. The molecule has 0 saturated carbocycles. The van der Waals surface area contributed by atoms with Gasteiger partial charge in [-0.15, -0.1) is 20.4 Å². The minimum absolute atomic E-state index is 0. The van der Waals surface area contributed by atoms with E-state index in [-0.39, 0.29) is 131 Å². The van der Waals surface area contributed by atoms with Crippen LogP contribution in [0.15, 0.2) is 38.2 Å². The van der Waals surface area contributed by atoms with Crippen molar-refractivity contribution in [3.8, 4) is 5.69 Å². The fourth-order valence-corrected chi connectivity index (χ4v) is 4.42. The number of hydrogen-bond donors (Lipinski definition) is 1. The first-order valence-corrected chi connectivity index (χ1v) is 12.6. The molecule has 194 valence electrons. The predicted molar refractivity (Wildman–Crippen MR) is 126 cm³/mol. The van der Waals surface area contributed by atoms with Gasteiger partial charge in [-0.2, -0.15) is 9.43 Å². The summed E-state index contributed by atoms with van der Waals surface area (Å²) in [6.07, 6.45) is 0. The molecule has 3 heterocycles. The Balaban J connectivity index is 0.00000267. The fourth-order valence-electron chi connectivity index (χ4n) is 3.48. The van der Waals surface area contributed by atoms with E-state index in [1.165, 1.54) is 6.07 Å². The average Bonchev–Trinajstić information content (AvgIpc) is 3.47. The predicted octanol–water partition coefficient (Wildman–Crippen LogP) is -2.73. The third kappa shape index (κ3) is 7.34. The standard InChI is InChI=1S/C20H21N9O6S2.2K/c1-10-15(21-6)18(25-23-16-17(20(3,4)5)27-28-11(2)22-24-19(16)28)29(26-10)13-9-12(37(31,32)33)7-8-14(13)36-35-34-30;;/h7-9,27,30H,1-5H3,(H,31,32,33);;/q;2*+1/p-2. The number of azo groups is 1. The van der Waals surface area contributed by atoms with E-state index in [4.69, 9.17) is 6.57 Å². The summed E-state index contributed by atoms with van der Waals surface area (Å²) in [5, 5.41) is 38.2. The van der Waals surface area contributed by atoms with Crippen LogP contribution in [0.1, 0.15) is 38.0 Å². The molecule has 15 nitrogen and oxygen atoms in total. The van der Waals surface area contributed by atoms with E-state index in [2.05, 4.69) is 44.8 Å². The molecule has 0 spiro atoms. The minimum atomic E-state index is -4.85. The Bertz CT molecular complexity index is 1680. The van der Waals surface area contributed by atoms with Crippen LogP contribution in [0.4, 0.5) is 17.2 Å². The molecule has 0 aliphatic carbocycles. The quantitative estimate of drug-likeness (QED) is 0.0430. The second-order valence-electron chi connectivity index (χ2n) is 8.78. The maximum absolute atomic E-state index is 11.7. The van der Waals surface area contributed by atoms with Gasteiger partial charge in [0.15, 0.2) is 11.5 Å². The molecule has 0 saturated heterocycles. The molecule has 1 N–H and O–H groups in total. The molecule has 0 aliphatic rings. The Morgan fingerprint density at radius 3 is 2.46 bits per heavy atom. The van der Waals surface area contributed by atoms with Gasteiger partial charge in [-0.1, -0.05) is 20.8 Å². The number of hydrogen-bond acceptors (Lipinski definition) is 12. The molecule has 3 aromatic heterocycles. The zero-order valence-electron chi connectivity index (χ0n) is 22.1. The van der Waals surface area contributed by atoms with Crippen molar-refractivity contribution in [2.24, 2.45) is 10.2 Å². The van der Waals surface area contributed by atoms with Gasteiger partial charge >= 0.3 is 103 Å². The van der Waals surface area contributed by atoms with E-state index in [0.717, 1.165) is 16.8 Å². The number of benzene rings is 1. The molecule has 4 aromatic rings.